The predicted molar refractivity (Wildman–Crippen MR) is 110 cm³/mol. The lowest BCUT2D eigenvalue weighted by atomic mass is 10.1. The van der Waals surface area contributed by atoms with Crippen molar-refractivity contribution < 1.29 is 19.3 Å². The zero-order valence-electron chi connectivity index (χ0n) is 16.0. The van der Waals surface area contributed by atoms with Crippen LogP contribution in [0.5, 0.6) is 11.5 Å². The average Bonchev–Trinajstić information content (AvgIpc) is 3.15. The summed E-state index contributed by atoms with van der Waals surface area (Å²) in [5.74, 6) is 2.03. The number of para-hydroxylation sites is 1. The quantitative estimate of drug-likeness (QED) is 0.602. The van der Waals surface area contributed by atoms with Crippen LogP contribution in [0.3, 0.4) is 0 Å². The third-order valence-corrected chi connectivity index (χ3v) is 5.72. The maximum absolute atomic E-state index is 10.3. The molecule has 6 heteroatoms. The number of aryl methyl sites for hydroxylation is 2. The fourth-order valence-electron chi connectivity index (χ4n) is 3.18. The molecule has 5 nitrogen and oxygen atoms in total. The molecule has 1 atom stereocenters. The van der Waals surface area contributed by atoms with Crippen LogP contribution in [0.2, 0.25) is 0 Å². The van der Waals surface area contributed by atoms with Gasteiger partial charge in [0.15, 0.2) is 11.5 Å². The summed E-state index contributed by atoms with van der Waals surface area (Å²) in [4.78, 5) is 4.75. The molecular formula is C22H23NO4S. The number of hydrogen-bond acceptors (Lipinski definition) is 6. The molecule has 28 heavy (non-hydrogen) atoms. The van der Waals surface area contributed by atoms with Crippen molar-refractivity contribution in [3.05, 3.63) is 59.2 Å². The van der Waals surface area contributed by atoms with Crippen molar-refractivity contribution in [3.8, 4) is 11.5 Å². The van der Waals surface area contributed by atoms with Crippen LogP contribution in [0.25, 0.3) is 10.9 Å². The van der Waals surface area contributed by atoms with E-state index in [-0.39, 0.29) is 13.4 Å². The first-order valence-corrected chi connectivity index (χ1v) is 10.2. The summed E-state index contributed by atoms with van der Waals surface area (Å²) in [6.07, 6.45) is -0.561. The zero-order chi connectivity index (χ0) is 19.5. The molecule has 1 aliphatic rings. The Balaban J connectivity index is 1.29. The molecule has 0 saturated carbocycles. The third-order valence-electron chi connectivity index (χ3n) is 4.66. The Kier molecular flexibility index (Phi) is 5.71. The van der Waals surface area contributed by atoms with Gasteiger partial charge in [-0.05, 0) is 48.7 Å². The SMILES string of the molecule is Cc1cc(SC[C@H](O)COCc2ccc3c(c2)OCO3)nc2c(C)cccc12. The van der Waals surface area contributed by atoms with Gasteiger partial charge in [-0.25, -0.2) is 4.98 Å². The van der Waals surface area contributed by atoms with Crippen molar-refractivity contribution in [2.45, 2.75) is 31.6 Å². The van der Waals surface area contributed by atoms with Gasteiger partial charge in [0, 0.05) is 11.1 Å². The van der Waals surface area contributed by atoms with Gasteiger partial charge in [-0.2, -0.15) is 0 Å². The number of aromatic nitrogens is 1. The van der Waals surface area contributed by atoms with Gasteiger partial charge in [0.05, 0.1) is 29.9 Å². The van der Waals surface area contributed by atoms with Gasteiger partial charge in [0.25, 0.3) is 0 Å². The van der Waals surface area contributed by atoms with Crippen molar-refractivity contribution in [1.29, 1.82) is 0 Å². The van der Waals surface area contributed by atoms with E-state index in [1.165, 1.54) is 10.9 Å². The molecule has 0 bridgehead atoms. The van der Waals surface area contributed by atoms with Crippen LogP contribution in [0.1, 0.15) is 16.7 Å². The molecule has 0 unspecified atom stereocenters. The van der Waals surface area contributed by atoms with E-state index in [0.29, 0.717) is 12.4 Å². The Morgan fingerprint density at radius 3 is 2.86 bits per heavy atom. The minimum absolute atomic E-state index is 0.261. The average molecular weight is 397 g/mol. The number of thioether (sulfide) groups is 1. The largest absolute Gasteiger partial charge is 0.454 e. The molecule has 0 saturated heterocycles. The molecule has 0 radical (unpaired) electrons. The number of pyridine rings is 1. The number of hydrogen-bond donors (Lipinski definition) is 1. The molecule has 0 amide bonds. The summed E-state index contributed by atoms with van der Waals surface area (Å²) < 4.78 is 16.3. The first kappa shape index (κ1) is 19.1. The molecule has 0 aliphatic carbocycles. The molecule has 0 spiro atoms. The standard InChI is InChI=1S/C22H23NO4S/c1-14-4-3-5-18-15(2)8-21(23-22(14)18)28-12-17(24)11-25-10-16-6-7-19-20(9-16)27-13-26-19/h3-9,17,24H,10-13H2,1-2H3/t17-/m1/s1. The van der Waals surface area contributed by atoms with E-state index < -0.39 is 6.10 Å². The highest BCUT2D eigenvalue weighted by molar-refractivity contribution is 7.99. The molecule has 1 aromatic heterocycles. The molecule has 1 N–H and O–H groups in total. The number of aliphatic hydroxyl groups is 1. The highest BCUT2D eigenvalue weighted by Gasteiger charge is 2.14. The molecular weight excluding hydrogens is 374 g/mol. The number of rotatable bonds is 7. The van der Waals surface area contributed by atoms with Crippen molar-refractivity contribution in [1.82, 2.24) is 4.98 Å². The second-order valence-corrected chi connectivity index (χ2v) is 7.96. The van der Waals surface area contributed by atoms with Crippen LogP contribution in [0, 0.1) is 13.8 Å². The van der Waals surface area contributed by atoms with E-state index in [1.807, 2.05) is 18.2 Å². The number of ether oxygens (including phenoxy) is 3. The Morgan fingerprint density at radius 2 is 1.96 bits per heavy atom. The predicted octanol–water partition coefficient (Wildman–Crippen LogP) is 4.25. The summed E-state index contributed by atoms with van der Waals surface area (Å²) in [6.45, 7) is 5.12. The van der Waals surface area contributed by atoms with Crippen LogP contribution in [-0.2, 0) is 11.3 Å². The van der Waals surface area contributed by atoms with Crippen LogP contribution in [0.4, 0.5) is 0 Å². The van der Waals surface area contributed by atoms with Gasteiger partial charge in [-0.15, -0.1) is 11.8 Å². The van der Waals surface area contributed by atoms with Crippen LogP contribution in [-0.4, -0.2) is 35.3 Å². The maximum Gasteiger partial charge on any atom is 0.231 e. The Bertz CT molecular complexity index is 992. The fraction of sp³-hybridized carbons (Fsp3) is 0.318. The summed E-state index contributed by atoms with van der Waals surface area (Å²) in [5, 5.41) is 12.4. The third kappa shape index (κ3) is 4.24. The summed E-state index contributed by atoms with van der Waals surface area (Å²) in [6, 6.07) is 14.0. The molecule has 1 aliphatic heterocycles. The molecule has 0 fully saturated rings. The lowest BCUT2D eigenvalue weighted by molar-refractivity contribution is 0.0397. The number of benzene rings is 2. The minimum atomic E-state index is -0.561. The van der Waals surface area contributed by atoms with Gasteiger partial charge in [-0.1, -0.05) is 24.3 Å². The normalized spacial score (nSPS) is 13.8. The van der Waals surface area contributed by atoms with Crippen molar-refractivity contribution in [2.75, 3.05) is 19.2 Å². The topological polar surface area (TPSA) is 60.8 Å². The highest BCUT2D eigenvalue weighted by atomic mass is 32.2. The highest BCUT2D eigenvalue weighted by Crippen LogP contribution is 2.32. The number of fused-ring (bicyclic) bond motifs is 2. The Hall–Kier alpha value is -2.28. The zero-order valence-corrected chi connectivity index (χ0v) is 16.8. The first-order chi connectivity index (χ1) is 13.6. The van der Waals surface area contributed by atoms with Gasteiger partial charge in [0.1, 0.15) is 0 Å². The molecule has 2 heterocycles. The molecule has 146 valence electrons. The van der Waals surface area contributed by atoms with Crippen LogP contribution < -0.4 is 9.47 Å². The fourth-order valence-corrected chi connectivity index (χ4v) is 4.05. The smallest absolute Gasteiger partial charge is 0.231 e. The van der Waals surface area contributed by atoms with Gasteiger partial charge in [0.2, 0.25) is 6.79 Å². The van der Waals surface area contributed by atoms with Crippen molar-refractivity contribution in [2.24, 2.45) is 0 Å². The molecule has 2 aromatic carbocycles. The van der Waals surface area contributed by atoms with E-state index >= 15 is 0 Å². The summed E-state index contributed by atoms with van der Waals surface area (Å²) >= 11 is 1.55. The van der Waals surface area contributed by atoms with E-state index in [4.69, 9.17) is 19.2 Å². The van der Waals surface area contributed by atoms with Crippen molar-refractivity contribution in [3.63, 3.8) is 0 Å². The molecule has 3 aromatic rings. The van der Waals surface area contributed by atoms with Gasteiger partial charge >= 0.3 is 0 Å². The van der Waals surface area contributed by atoms with Crippen LogP contribution in [0.15, 0.2) is 47.5 Å². The van der Waals surface area contributed by atoms with E-state index in [2.05, 4.69) is 38.1 Å². The lowest BCUT2D eigenvalue weighted by Gasteiger charge is -2.12. The monoisotopic (exact) mass is 397 g/mol. The number of aliphatic hydroxyl groups excluding tert-OH is 1. The Morgan fingerprint density at radius 1 is 1.11 bits per heavy atom. The first-order valence-electron chi connectivity index (χ1n) is 9.24. The van der Waals surface area contributed by atoms with E-state index in [1.54, 1.807) is 11.8 Å². The van der Waals surface area contributed by atoms with Crippen molar-refractivity contribution >= 4 is 22.7 Å². The summed E-state index contributed by atoms with van der Waals surface area (Å²) in [5.41, 5.74) is 4.38. The van der Waals surface area contributed by atoms with E-state index in [0.717, 1.165) is 33.2 Å². The van der Waals surface area contributed by atoms with Gasteiger partial charge < -0.3 is 19.3 Å². The minimum Gasteiger partial charge on any atom is -0.454 e. The Labute approximate surface area is 168 Å². The molecule has 4 rings (SSSR count). The second kappa shape index (κ2) is 8.39. The second-order valence-electron chi connectivity index (χ2n) is 6.92. The van der Waals surface area contributed by atoms with Crippen LogP contribution >= 0.6 is 11.8 Å². The van der Waals surface area contributed by atoms with Gasteiger partial charge in [-0.3, -0.25) is 0 Å². The summed E-state index contributed by atoms with van der Waals surface area (Å²) in [7, 11) is 0. The number of nitrogens with zero attached hydrogens (tertiary/aromatic N) is 1. The maximum atomic E-state index is 10.3. The van der Waals surface area contributed by atoms with E-state index in [9.17, 15) is 5.11 Å². The lowest BCUT2D eigenvalue weighted by Crippen LogP contribution is -2.18.